The average molecular weight is 498 g/mol. The Hall–Kier alpha value is -2.86. The molecule has 0 saturated heterocycles. The van der Waals surface area contributed by atoms with Gasteiger partial charge in [0.15, 0.2) is 5.16 Å². The van der Waals surface area contributed by atoms with E-state index in [1.54, 1.807) is 12.1 Å². The van der Waals surface area contributed by atoms with Crippen LogP contribution in [0.3, 0.4) is 0 Å². The highest BCUT2D eigenvalue weighted by atomic mass is 31.1. The van der Waals surface area contributed by atoms with Gasteiger partial charge < -0.3 is 15.1 Å². The van der Waals surface area contributed by atoms with Crippen LogP contribution in [0.2, 0.25) is 0 Å². The molecule has 1 aliphatic rings. The van der Waals surface area contributed by atoms with Gasteiger partial charge in [0.2, 0.25) is 8.03 Å². The molecule has 1 aliphatic carbocycles. The van der Waals surface area contributed by atoms with E-state index in [0.29, 0.717) is 28.1 Å². The number of aliphatic carboxylic acids is 1. The summed E-state index contributed by atoms with van der Waals surface area (Å²) in [6.45, 7) is 4.59. The lowest BCUT2D eigenvalue weighted by Gasteiger charge is -2.42. The van der Waals surface area contributed by atoms with Gasteiger partial charge in [-0.15, -0.1) is 0 Å². The molecule has 8 heteroatoms. The quantitative estimate of drug-likeness (QED) is 0.347. The lowest BCUT2D eigenvalue weighted by Crippen LogP contribution is -2.53. The largest absolute Gasteiger partial charge is 0.480 e. The topological polar surface area (TPSA) is 108 Å². The molecule has 0 amide bonds. The van der Waals surface area contributed by atoms with E-state index in [1.165, 1.54) is 26.0 Å². The summed E-state index contributed by atoms with van der Waals surface area (Å²) in [5, 5.41) is 19.9. The van der Waals surface area contributed by atoms with Crippen LogP contribution in [0, 0.1) is 12.7 Å². The highest BCUT2D eigenvalue weighted by Gasteiger charge is 2.59. The average Bonchev–Trinajstić information content (AvgIpc) is 3.65. The minimum atomic E-state index is -3.77. The summed E-state index contributed by atoms with van der Waals surface area (Å²) in [6, 6.07) is 15.2. The molecule has 4 rings (SSSR count). The van der Waals surface area contributed by atoms with Crippen molar-refractivity contribution in [3.8, 4) is 22.4 Å². The maximum atomic E-state index is 13.8. The Morgan fingerprint density at radius 2 is 1.71 bits per heavy atom. The standard InChI is InChI=1S/C27H29FNO5P/c1-4-27(25(30)31,35(33)34)26(3,32)22-21(17-12-14-20(28)15-13-17)16(2)23(18-8-6-5-7-9-18)29-24(22)19-10-11-19/h5-9,12-15,19,32,35H,4,10-11H2,1-3H3,(H,30,31)(H,33,34). The smallest absolute Gasteiger partial charge is 0.322 e. The zero-order chi connectivity index (χ0) is 25.5. The van der Waals surface area contributed by atoms with Crippen molar-refractivity contribution in [2.24, 2.45) is 0 Å². The highest BCUT2D eigenvalue weighted by molar-refractivity contribution is 7.41. The zero-order valence-electron chi connectivity index (χ0n) is 19.9. The van der Waals surface area contributed by atoms with Crippen LogP contribution in [-0.2, 0) is 15.0 Å². The molecule has 1 saturated carbocycles. The number of halogens is 1. The number of carboxylic acid groups (broad SMARTS) is 1. The van der Waals surface area contributed by atoms with Crippen LogP contribution < -0.4 is 0 Å². The maximum absolute atomic E-state index is 13.8. The van der Waals surface area contributed by atoms with E-state index in [0.717, 1.165) is 18.4 Å². The van der Waals surface area contributed by atoms with E-state index in [4.69, 9.17) is 4.98 Å². The SMILES string of the molecule is CCC(C(=O)O)([PH](=O)O)C(C)(O)c1c(C2CC2)nc(-c2ccccc2)c(C)c1-c1ccc(F)cc1. The molecule has 1 heterocycles. The van der Waals surface area contributed by atoms with Crippen molar-refractivity contribution in [1.29, 1.82) is 0 Å². The molecule has 3 atom stereocenters. The van der Waals surface area contributed by atoms with E-state index in [1.807, 2.05) is 37.3 Å². The summed E-state index contributed by atoms with van der Waals surface area (Å²) in [7, 11) is -3.77. The van der Waals surface area contributed by atoms with Crippen LogP contribution in [0.15, 0.2) is 54.6 Å². The van der Waals surface area contributed by atoms with Gasteiger partial charge in [-0.1, -0.05) is 49.4 Å². The fourth-order valence-electron chi connectivity index (χ4n) is 5.06. The second-order valence-corrected chi connectivity index (χ2v) is 10.8. The number of carboxylic acids is 1. The van der Waals surface area contributed by atoms with E-state index in [2.05, 4.69) is 0 Å². The van der Waals surface area contributed by atoms with E-state index in [9.17, 15) is 28.9 Å². The molecule has 0 bridgehead atoms. The van der Waals surface area contributed by atoms with Crippen LogP contribution in [0.4, 0.5) is 4.39 Å². The normalized spacial score (nSPS) is 17.9. The van der Waals surface area contributed by atoms with Crippen molar-refractivity contribution < 1.29 is 28.9 Å². The molecule has 0 spiro atoms. The molecule has 0 radical (unpaired) electrons. The third-order valence-corrected chi connectivity index (χ3v) is 8.98. The summed E-state index contributed by atoms with van der Waals surface area (Å²) in [5.74, 6) is -2.01. The van der Waals surface area contributed by atoms with E-state index < -0.39 is 30.6 Å². The number of carbonyl (C=O) groups is 1. The molecule has 6 nitrogen and oxygen atoms in total. The van der Waals surface area contributed by atoms with Gasteiger partial charge in [-0.2, -0.15) is 0 Å². The Morgan fingerprint density at radius 3 is 2.20 bits per heavy atom. The van der Waals surface area contributed by atoms with Crippen LogP contribution in [-0.4, -0.2) is 31.2 Å². The summed E-state index contributed by atoms with van der Waals surface area (Å²) < 4.78 is 26.5. The number of hydrogen-bond donors (Lipinski definition) is 3. The molecule has 1 fully saturated rings. The molecule has 0 aliphatic heterocycles. The second-order valence-electron chi connectivity index (χ2n) is 9.31. The number of hydrogen-bond acceptors (Lipinski definition) is 4. The van der Waals surface area contributed by atoms with Crippen molar-refractivity contribution in [3.05, 3.63) is 77.2 Å². The summed E-state index contributed by atoms with van der Waals surface area (Å²) >= 11 is 0. The Bertz CT molecular complexity index is 1270. The highest BCUT2D eigenvalue weighted by Crippen LogP contribution is 2.57. The Kier molecular flexibility index (Phi) is 6.71. The molecular weight excluding hydrogens is 468 g/mol. The van der Waals surface area contributed by atoms with Gasteiger partial charge in [-0.05, 0) is 61.9 Å². The molecule has 3 aromatic rings. The Morgan fingerprint density at radius 1 is 1.11 bits per heavy atom. The summed E-state index contributed by atoms with van der Waals surface area (Å²) in [4.78, 5) is 27.8. The van der Waals surface area contributed by atoms with Gasteiger partial charge in [0, 0.05) is 17.0 Å². The van der Waals surface area contributed by atoms with Gasteiger partial charge in [0.05, 0.1) is 11.4 Å². The monoisotopic (exact) mass is 497 g/mol. The second kappa shape index (κ2) is 9.30. The number of aliphatic hydroxyl groups is 1. The first-order valence-corrected chi connectivity index (χ1v) is 13.0. The molecule has 35 heavy (non-hydrogen) atoms. The molecule has 184 valence electrons. The predicted octanol–water partition coefficient (Wildman–Crippen LogP) is 5.65. The van der Waals surface area contributed by atoms with E-state index >= 15 is 0 Å². The fourth-order valence-corrected chi connectivity index (χ4v) is 6.09. The molecule has 3 N–H and O–H groups in total. The molecule has 1 aromatic heterocycles. The number of pyridine rings is 1. The predicted molar refractivity (Wildman–Crippen MR) is 133 cm³/mol. The van der Waals surface area contributed by atoms with Gasteiger partial charge in [-0.3, -0.25) is 14.3 Å². The lowest BCUT2D eigenvalue weighted by molar-refractivity contribution is -0.149. The van der Waals surface area contributed by atoms with Crippen molar-refractivity contribution in [2.75, 3.05) is 0 Å². The fraction of sp³-hybridized carbons (Fsp3) is 0.333. The molecule has 3 unspecified atom stereocenters. The Balaban J connectivity index is 2.16. The van der Waals surface area contributed by atoms with Gasteiger partial charge >= 0.3 is 5.97 Å². The first kappa shape index (κ1) is 25.2. The minimum Gasteiger partial charge on any atom is -0.480 e. The number of rotatable bonds is 8. The molecular formula is C27H29FNO5P. The first-order chi connectivity index (χ1) is 16.6. The third kappa shape index (κ3) is 4.12. The maximum Gasteiger partial charge on any atom is 0.322 e. The Labute approximate surface area is 204 Å². The molecule has 2 aromatic carbocycles. The first-order valence-electron chi connectivity index (χ1n) is 11.6. The van der Waals surface area contributed by atoms with Gasteiger partial charge in [0.25, 0.3) is 0 Å². The van der Waals surface area contributed by atoms with Crippen LogP contribution in [0.1, 0.15) is 55.8 Å². The van der Waals surface area contributed by atoms with Crippen molar-refractivity contribution in [1.82, 2.24) is 4.98 Å². The van der Waals surface area contributed by atoms with Gasteiger partial charge in [0.1, 0.15) is 11.4 Å². The van der Waals surface area contributed by atoms with Crippen LogP contribution >= 0.6 is 8.03 Å². The zero-order valence-corrected chi connectivity index (χ0v) is 20.9. The van der Waals surface area contributed by atoms with Crippen LogP contribution in [0.25, 0.3) is 22.4 Å². The summed E-state index contributed by atoms with van der Waals surface area (Å²) in [5.41, 5.74) is 1.74. The summed E-state index contributed by atoms with van der Waals surface area (Å²) in [6.07, 6.45) is 1.34. The van der Waals surface area contributed by atoms with Gasteiger partial charge in [-0.25, -0.2) is 4.39 Å². The number of aromatic nitrogens is 1. The number of nitrogens with zero attached hydrogens (tertiary/aromatic N) is 1. The lowest BCUT2D eigenvalue weighted by atomic mass is 9.74. The van der Waals surface area contributed by atoms with E-state index in [-0.39, 0.29) is 17.9 Å². The number of benzene rings is 2. The van der Waals surface area contributed by atoms with Crippen molar-refractivity contribution >= 4 is 14.0 Å². The van der Waals surface area contributed by atoms with Crippen molar-refractivity contribution in [2.45, 2.75) is 56.7 Å². The minimum absolute atomic E-state index is 0.0249. The van der Waals surface area contributed by atoms with Crippen molar-refractivity contribution in [3.63, 3.8) is 0 Å². The third-order valence-electron chi connectivity index (χ3n) is 7.19. The van der Waals surface area contributed by atoms with Crippen LogP contribution in [0.5, 0.6) is 0 Å².